The number of non-ortho nitro benzene ring substituents is 1. The molecule has 0 N–H and O–H groups in total. The molecule has 0 radical (unpaired) electrons. The number of hydrogen-bond acceptors (Lipinski definition) is 2. The molecule has 0 heterocycles. The van der Waals surface area contributed by atoms with Gasteiger partial charge < -0.3 is 0 Å². The van der Waals surface area contributed by atoms with Crippen molar-refractivity contribution in [2.24, 2.45) is 0 Å². The van der Waals surface area contributed by atoms with Crippen LogP contribution in [-0.4, -0.2) is 4.92 Å². The molecule has 20 heavy (non-hydrogen) atoms. The van der Waals surface area contributed by atoms with Crippen LogP contribution in [0, 0.1) is 15.9 Å². The molecular formula is C14H10BrClFNO2. The Hall–Kier alpha value is -1.46. The number of nitrogens with zero attached hydrogens (tertiary/aromatic N) is 1. The Labute approximate surface area is 128 Å². The minimum absolute atomic E-state index is 0.0394. The zero-order valence-electron chi connectivity index (χ0n) is 10.2. The van der Waals surface area contributed by atoms with Gasteiger partial charge in [0.05, 0.1) is 4.92 Å². The molecule has 0 spiro atoms. The fourth-order valence-corrected chi connectivity index (χ4v) is 2.73. The molecule has 0 saturated heterocycles. The quantitative estimate of drug-likeness (QED) is 0.435. The van der Waals surface area contributed by atoms with Crippen LogP contribution in [0.15, 0.2) is 42.5 Å². The Morgan fingerprint density at radius 2 is 1.90 bits per heavy atom. The first kappa shape index (κ1) is 14.9. The van der Waals surface area contributed by atoms with Gasteiger partial charge in [0.1, 0.15) is 5.82 Å². The predicted molar refractivity (Wildman–Crippen MR) is 79.9 cm³/mol. The highest BCUT2D eigenvalue weighted by Gasteiger charge is 2.14. The van der Waals surface area contributed by atoms with Gasteiger partial charge >= 0.3 is 0 Å². The summed E-state index contributed by atoms with van der Waals surface area (Å²) in [5.74, 6) is -0.374. The molecule has 0 saturated carbocycles. The fourth-order valence-electron chi connectivity index (χ4n) is 1.83. The number of nitro groups is 1. The van der Waals surface area contributed by atoms with E-state index >= 15 is 0 Å². The van der Waals surface area contributed by atoms with Crippen LogP contribution in [0.5, 0.6) is 0 Å². The van der Waals surface area contributed by atoms with Crippen molar-refractivity contribution in [3.05, 3.63) is 74.5 Å². The monoisotopic (exact) mass is 357 g/mol. The molecule has 3 nitrogen and oxygen atoms in total. The maximum absolute atomic E-state index is 13.8. The molecule has 104 valence electrons. The topological polar surface area (TPSA) is 43.1 Å². The third kappa shape index (κ3) is 3.55. The molecule has 1 atom stereocenters. The largest absolute Gasteiger partial charge is 0.269 e. The van der Waals surface area contributed by atoms with Gasteiger partial charge in [0.15, 0.2) is 0 Å². The van der Waals surface area contributed by atoms with E-state index in [0.29, 0.717) is 17.0 Å². The molecular weight excluding hydrogens is 349 g/mol. The van der Waals surface area contributed by atoms with Gasteiger partial charge in [0.2, 0.25) is 0 Å². The summed E-state index contributed by atoms with van der Waals surface area (Å²) in [7, 11) is 0. The number of rotatable bonds is 4. The lowest BCUT2D eigenvalue weighted by molar-refractivity contribution is -0.384. The summed E-state index contributed by atoms with van der Waals surface area (Å²) in [6, 6.07) is 10.7. The number of hydrogen-bond donors (Lipinski definition) is 0. The lowest BCUT2D eigenvalue weighted by Crippen LogP contribution is -1.99. The molecule has 1 unspecified atom stereocenters. The first-order valence-corrected chi connectivity index (χ1v) is 7.09. The van der Waals surface area contributed by atoms with E-state index in [1.54, 1.807) is 24.3 Å². The van der Waals surface area contributed by atoms with Crippen LogP contribution in [0.2, 0.25) is 5.02 Å². The number of halogens is 3. The van der Waals surface area contributed by atoms with Crippen molar-refractivity contribution in [3.63, 3.8) is 0 Å². The van der Waals surface area contributed by atoms with Crippen molar-refractivity contribution in [1.29, 1.82) is 0 Å². The molecule has 6 heteroatoms. The van der Waals surface area contributed by atoms with Gasteiger partial charge in [-0.25, -0.2) is 4.39 Å². The lowest BCUT2D eigenvalue weighted by Gasteiger charge is -2.11. The van der Waals surface area contributed by atoms with Crippen molar-refractivity contribution >= 4 is 33.2 Å². The highest BCUT2D eigenvalue weighted by atomic mass is 79.9. The van der Waals surface area contributed by atoms with E-state index in [4.69, 9.17) is 11.6 Å². The summed E-state index contributed by atoms with van der Waals surface area (Å²) in [6.07, 6.45) is 0.524. The molecule has 0 amide bonds. The van der Waals surface area contributed by atoms with E-state index in [1.165, 1.54) is 18.2 Å². The van der Waals surface area contributed by atoms with Crippen LogP contribution >= 0.6 is 27.5 Å². The highest BCUT2D eigenvalue weighted by Crippen LogP contribution is 2.30. The SMILES string of the molecule is O=[N+]([O-])c1ccc(CC(Br)c2ccc(Cl)cc2F)cc1. The zero-order chi connectivity index (χ0) is 14.7. The Morgan fingerprint density at radius 1 is 1.25 bits per heavy atom. The normalized spacial score (nSPS) is 12.2. The van der Waals surface area contributed by atoms with Gasteiger partial charge in [-0.2, -0.15) is 0 Å². The number of nitro benzene ring substituents is 1. The van der Waals surface area contributed by atoms with Crippen molar-refractivity contribution in [2.75, 3.05) is 0 Å². The average molecular weight is 359 g/mol. The van der Waals surface area contributed by atoms with Crippen LogP contribution in [0.25, 0.3) is 0 Å². The summed E-state index contributed by atoms with van der Waals surface area (Å²) >= 11 is 9.14. The van der Waals surface area contributed by atoms with Crippen LogP contribution in [-0.2, 0) is 6.42 Å². The maximum Gasteiger partial charge on any atom is 0.269 e. The average Bonchev–Trinajstić information content (AvgIpc) is 2.39. The third-order valence-corrected chi connectivity index (χ3v) is 3.91. The number of alkyl halides is 1. The van der Waals surface area contributed by atoms with E-state index < -0.39 is 4.92 Å². The molecule has 2 rings (SSSR count). The van der Waals surface area contributed by atoms with Crippen LogP contribution in [0.1, 0.15) is 16.0 Å². The molecule has 0 fully saturated rings. The minimum atomic E-state index is -0.450. The van der Waals surface area contributed by atoms with Gasteiger partial charge in [0, 0.05) is 27.5 Å². The zero-order valence-corrected chi connectivity index (χ0v) is 12.6. The fraction of sp³-hybridized carbons (Fsp3) is 0.143. The summed E-state index contributed by atoms with van der Waals surface area (Å²) in [5.41, 5.74) is 1.43. The first-order chi connectivity index (χ1) is 9.47. The second-order valence-electron chi connectivity index (χ2n) is 4.26. The van der Waals surface area contributed by atoms with Gasteiger partial charge in [-0.15, -0.1) is 0 Å². The molecule has 2 aromatic rings. The van der Waals surface area contributed by atoms with Crippen LogP contribution in [0.4, 0.5) is 10.1 Å². The smallest absolute Gasteiger partial charge is 0.258 e. The van der Waals surface area contributed by atoms with Gasteiger partial charge in [-0.3, -0.25) is 10.1 Å². The van der Waals surface area contributed by atoms with Crippen molar-refractivity contribution in [2.45, 2.75) is 11.2 Å². The third-order valence-electron chi connectivity index (χ3n) is 2.86. The summed E-state index contributed by atoms with van der Waals surface area (Å²) in [4.78, 5) is 9.90. The standard InChI is InChI=1S/C14H10BrClFNO2/c15-13(12-6-3-10(16)8-14(12)17)7-9-1-4-11(5-2-9)18(19)20/h1-6,8,13H,7H2. The summed E-state index contributed by atoms with van der Waals surface area (Å²) < 4.78 is 13.8. The summed E-state index contributed by atoms with van der Waals surface area (Å²) in [5, 5.41) is 10.9. The minimum Gasteiger partial charge on any atom is -0.258 e. The van der Waals surface area contributed by atoms with E-state index in [0.717, 1.165) is 5.56 Å². The highest BCUT2D eigenvalue weighted by molar-refractivity contribution is 9.09. The molecule has 0 aromatic heterocycles. The van der Waals surface area contributed by atoms with E-state index in [-0.39, 0.29) is 16.3 Å². The second kappa shape index (κ2) is 6.33. The van der Waals surface area contributed by atoms with E-state index in [9.17, 15) is 14.5 Å². The Bertz CT molecular complexity index is 634. The molecule has 2 aromatic carbocycles. The first-order valence-electron chi connectivity index (χ1n) is 5.79. The Kier molecular flexibility index (Phi) is 4.73. The Morgan fingerprint density at radius 3 is 2.45 bits per heavy atom. The van der Waals surface area contributed by atoms with Crippen LogP contribution < -0.4 is 0 Å². The molecule has 0 aliphatic carbocycles. The van der Waals surface area contributed by atoms with Crippen molar-refractivity contribution in [1.82, 2.24) is 0 Å². The van der Waals surface area contributed by atoms with Gasteiger partial charge in [-0.05, 0) is 24.1 Å². The maximum atomic E-state index is 13.8. The van der Waals surface area contributed by atoms with E-state index in [2.05, 4.69) is 15.9 Å². The van der Waals surface area contributed by atoms with Crippen molar-refractivity contribution in [3.8, 4) is 0 Å². The summed E-state index contributed by atoms with van der Waals surface area (Å²) in [6.45, 7) is 0. The molecule has 0 bridgehead atoms. The van der Waals surface area contributed by atoms with Crippen LogP contribution in [0.3, 0.4) is 0 Å². The van der Waals surface area contributed by atoms with E-state index in [1.807, 2.05) is 0 Å². The van der Waals surface area contributed by atoms with Crippen molar-refractivity contribution < 1.29 is 9.31 Å². The van der Waals surface area contributed by atoms with Gasteiger partial charge in [0.25, 0.3) is 5.69 Å². The molecule has 0 aliphatic heterocycles. The van der Waals surface area contributed by atoms with Gasteiger partial charge in [-0.1, -0.05) is 45.7 Å². The second-order valence-corrected chi connectivity index (χ2v) is 5.80. The lowest BCUT2D eigenvalue weighted by atomic mass is 10.0. The Balaban J connectivity index is 2.14. The molecule has 0 aliphatic rings. The predicted octanol–water partition coefficient (Wildman–Crippen LogP) is 5.07. The number of benzene rings is 2.